The van der Waals surface area contributed by atoms with Gasteiger partial charge in [-0.3, -0.25) is 0 Å². The number of unbranched alkanes of at least 4 members (excludes halogenated alkanes) is 2. The highest BCUT2D eigenvalue weighted by Crippen LogP contribution is 2.47. The van der Waals surface area contributed by atoms with Gasteiger partial charge in [0.25, 0.3) is 0 Å². The summed E-state index contributed by atoms with van der Waals surface area (Å²) in [6, 6.07) is 13.4. The Balaban J connectivity index is 2.16. The fourth-order valence-corrected chi connectivity index (χ4v) is 7.80. The molecule has 0 fully saturated rings. The van der Waals surface area contributed by atoms with E-state index in [9.17, 15) is 18.3 Å². The molecule has 2 aromatic carbocycles. The van der Waals surface area contributed by atoms with Crippen LogP contribution in [-0.4, -0.2) is 57.4 Å². The summed E-state index contributed by atoms with van der Waals surface area (Å²) in [4.78, 5) is 14.7. The highest BCUT2D eigenvalue weighted by atomic mass is 32.2. The molecule has 0 aromatic heterocycles. The minimum Gasteiger partial charge on any atom is -0.489 e. The van der Waals surface area contributed by atoms with Crippen molar-refractivity contribution >= 4 is 38.9 Å². The summed E-state index contributed by atoms with van der Waals surface area (Å²) >= 11 is 1.44. The number of fused-ring (bicyclic) bond motifs is 1. The Kier molecular flexibility index (Phi) is 10.9. The van der Waals surface area contributed by atoms with Gasteiger partial charge in [0, 0.05) is 30.3 Å². The highest BCUT2D eigenvalue weighted by Gasteiger charge is 2.42. The third kappa shape index (κ3) is 7.24. The predicted octanol–water partition coefficient (Wildman–Crippen LogP) is 6.57. The van der Waals surface area contributed by atoms with Crippen LogP contribution in [0.2, 0.25) is 0 Å². The second-order valence-corrected chi connectivity index (χ2v) is 12.8. The van der Waals surface area contributed by atoms with Gasteiger partial charge in [0.05, 0.1) is 21.2 Å². The van der Waals surface area contributed by atoms with E-state index in [0.717, 1.165) is 49.1 Å². The summed E-state index contributed by atoms with van der Waals surface area (Å²) in [6.45, 7) is 6.64. The number of sulfone groups is 1. The van der Waals surface area contributed by atoms with Gasteiger partial charge < -0.3 is 19.5 Å². The van der Waals surface area contributed by atoms with Crippen LogP contribution in [0, 0.1) is 5.41 Å². The number of thioether (sulfide) groups is 1. The van der Waals surface area contributed by atoms with Gasteiger partial charge in [-0.25, -0.2) is 13.2 Å². The lowest BCUT2D eigenvalue weighted by Crippen LogP contribution is -2.38. The molecular weight excluding hydrogens is 522 g/mol. The van der Waals surface area contributed by atoms with Crippen molar-refractivity contribution in [1.29, 1.82) is 0 Å². The summed E-state index contributed by atoms with van der Waals surface area (Å²) in [5, 5.41) is 9.47. The van der Waals surface area contributed by atoms with Crippen molar-refractivity contribution in [1.82, 2.24) is 0 Å². The number of anilines is 2. The van der Waals surface area contributed by atoms with Crippen molar-refractivity contribution in [3.05, 3.63) is 42.5 Å². The molecule has 7 nitrogen and oxygen atoms in total. The molecule has 1 aliphatic rings. The van der Waals surface area contributed by atoms with Gasteiger partial charge in [0.15, 0.2) is 15.9 Å². The van der Waals surface area contributed by atoms with Gasteiger partial charge in [-0.2, -0.15) is 0 Å². The average Bonchev–Trinajstić information content (AvgIpc) is 3.00. The zero-order valence-corrected chi connectivity index (χ0v) is 24.6. The van der Waals surface area contributed by atoms with E-state index in [1.54, 1.807) is 13.0 Å². The number of para-hydroxylation sites is 1. The molecule has 0 radical (unpaired) electrons. The highest BCUT2D eigenvalue weighted by molar-refractivity contribution is 7.98. The molecule has 3 rings (SSSR count). The lowest BCUT2D eigenvalue weighted by Gasteiger charge is -2.37. The van der Waals surface area contributed by atoms with E-state index in [4.69, 9.17) is 9.47 Å². The zero-order chi connectivity index (χ0) is 27.8. The topological polar surface area (TPSA) is 93.1 Å². The quantitative estimate of drug-likeness (QED) is 0.258. The van der Waals surface area contributed by atoms with Gasteiger partial charge in [-0.05, 0) is 44.2 Å². The van der Waals surface area contributed by atoms with Crippen LogP contribution >= 0.6 is 11.8 Å². The van der Waals surface area contributed by atoms with E-state index in [1.807, 2.05) is 42.7 Å². The van der Waals surface area contributed by atoms with Gasteiger partial charge in [-0.15, -0.1) is 11.8 Å². The number of nitrogens with zero attached hydrogens (tertiary/aromatic N) is 1. The molecule has 1 unspecified atom stereocenters. The van der Waals surface area contributed by atoms with Crippen LogP contribution in [0.5, 0.6) is 5.75 Å². The first kappa shape index (κ1) is 30.3. The molecule has 1 heterocycles. The van der Waals surface area contributed by atoms with E-state index >= 15 is 0 Å². The normalized spacial score (nSPS) is 16.9. The van der Waals surface area contributed by atoms with Gasteiger partial charge >= 0.3 is 5.97 Å². The predicted molar refractivity (Wildman–Crippen MR) is 154 cm³/mol. The first-order valence-corrected chi connectivity index (χ1v) is 16.3. The SMILES string of the molecule is CCCCC1(CCCC)CN(c2ccccc2)c2cc(SC)c(OCC(OCC)C(=O)O)cc2S(=O)(=O)C1. The molecule has 38 heavy (non-hydrogen) atoms. The number of carbonyl (C=O) groups is 1. The van der Waals surface area contributed by atoms with Crippen LogP contribution in [0.15, 0.2) is 52.3 Å². The molecule has 0 saturated heterocycles. The van der Waals surface area contributed by atoms with Crippen molar-refractivity contribution in [3.8, 4) is 5.75 Å². The summed E-state index contributed by atoms with van der Waals surface area (Å²) in [5.74, 6) is -0.689. The number of aliphatic carboxylic acids is 1. The number of carboxylic acids is 1. The van der Waals surface area contributed by atoms with E-state index in [0.29, 0.717) is 18.0 Å². The molecular formula is C29H41NO6S2. The zero-order valence-electron chi connectivity index (χ0n) is 22.9. The van der Waals surface area contributed by atoms with Crippen molar-refractivity contribution in [2.75, 3.05) is 36.7 Å². The van der Waals surface area contributed by atoms with E-state index in [-0.39, 0.29) is 29.3 Å². The van der Waals surface area contributed by atoms with E-state index in [1.165, 1.54) is 11.8 Å². The van der Waals surface area contributed by atoms with Crippen molar-refractivity contribution < 1.29 is 27.8 Å². The summed E-state index contributed by atoms with van der Waals surface area (Å²) in [6.07, 6.45) is 6.39. The number of hydrogen-bond donors (Lipinski definition) is 1. The molecule has 0 saturated carbocycles. The third-order valence-electron chi connectivity index (χ3n) is 7.08. The van der Waals surface area contributed by atoms with Crippen LogP contribution in [0.4, 0.5) is 11.4 Å². The Morgan fingerprint density at radius 3 is 2.32 bits per heavy atom. The molecule has 0 aliphatic carbocycles. The molecule has 1 N–H and O–H groups in total. The molecule has 1 aliphatic heterocycles. The first-order valence-electron chi connectivity index (χ1n) is 13.4. The largest absolute Gasteiger partial charge is 0.489 e. The second-order valence-electron chi connectivity index (χ2n) is 9.95. The van der Waals surface area contributed by atoms with Crippen LogP contribution in [0.25, 0.3) is 0 Å². The summed E-state index contributed by atoms with van der Waals surface area (Å²) < 4.78 is 39.4. The molecule has 0 spiro atoms. The molecule has 0 bridgehead atoms. The van der Waals surface area contributed by atoms with Crippen LogP contribution < -0.4 is 9.64 Å². The van der Waals surface area contributed by atoms with Crippen LogP contribution in [0.3, 0.4) is 0 Å². The molecule has 9 heteroatoms. The lowest BCUT2D eigenvalue weighted by atomic mass is 9.79. The maximum atomic E-state index is 14.1. The minimum atomic E-state index is -3.68. The van der Waals surface area contributed by atoms with Crippen molar-refractivity contribution in [2.24, 2.45) is 5.41 Å². The Hall–Kier alpha value is -2.23. The number of ether oxygens (including phenoxy) is 2. The smallest absolute Gasteiger partial charge is 0.336 e. The lowest BCUT2D eigenvalue weighted by molar-refractivity contribution is -0.152. The Morgan fingerprint density at radius 2 is 1.76 bits per heavy atom. The third-order valence-corrected chi connectivity index (χ3v) is 9.83. The fraction of sp³-hybridized carbons (Fsp3) is 0.552. The van der Waals surface area contributed by atoms with Gasteiger partial charge in [0.1, 0.15) is 12.4 Å². The number of rotatable bonds is 14. The molecule has 2 aromatic rings. The summed E-state index contributed by atoms with van der Waals surface area (Å²) in [7, 11) is -3.68. The maximum absolute atomic E-state index is 14.1. The second kappa shape index (κ2) is 13.7. The number of carboxylic acid groups (broad SMARTS) is 1. The Bertz CT molecular complexity index is 1160. The first-order chi connectivity index (χ1) is 18.2. The number of benzene rings is 2. The van der Waals surface area contributed by atoms with Crippen LogP contribution in [0.1, 0.15) is 59.3 Å². The fourth-order valence-electron chi connectivity index (χ4n) is 5.14. The Morgan fingerprint density at radius 1 is 1.11 bits per heavy atom. The van der Waals surface area contributed by atoms with Crippen molar-refractivity contribution in [2.45, 2.75) is 75.2 Å². The van der Waals surface area contributed by atoms with E-state index < -0.39 is 21.9 Å². The minimum absolute atomic E-state index is 0.0745. The van der Waals surface area contributed by atoms with Crippen LogP contribution in [-0.2, 0) is 19.4 Å². The summed E-state index contributed by atoms with van der Waals surface area (Å²) in [5.41, 5.74) is 1.21. The number of hydrogen-bond acceptors (Lipinski definition) is 7. The maximum Gasteiger partial charge on any atom is 0.336 e. The van der Waals surface area contributed by atoms with Crippen molar-refractivity contribution in [3.63, 3.8) is 0 Å². The molecule has 0 amide bonds. The standard InChI is InChI=1S/C29H41NO6S2/c1-5-8-15-29(16-9-6-2)20-30(22-13-11-10-12-14-22)23-17-26(37-4)24(18-27(23)38(33,34)21-29)36-19-25(28(31)32)35-7-3/h10-14,17-18,25H,5-9,15-16,19-21H2,1-4H3,(H,31,32). The van der Waals surface area contributed by atoms with Gasteiger partial charge in [-0.1, -0.05) is 57.7 Å². The Labute approximate surface area is 231 Å². The molecule has 210 valence electrons. The monoisotopic (exact) mass is 563 g/mol. The molecule has 1 atom stereocenters. The van der Waals surface area contributed by atoms with E-state index in [2.05, 4.69) is 18.7 Å². The van der Waals surface area contributed by atoms with Gasteiger partial charge in [0.2, 0.25) is 0 Å². The average molecular weight is 564 g/mol.